The van der Waals surface area contributed by atoms with Gasteiger partial charge in [-0.25, -0.2) is 23.7 Å². The van der Waals surface area contributed by atoms with Gasteiger partial charge in [-0.05, 0) is 42.5 Å². The summed E-state index contributed by atoms with van der Waals surface area (Å²) in [5.41, 5.74) is 3.34. The lowest BCUT2D eigenvalue weighted by Gasteiger charge is -2.33. The number of fused-ring (bicyclic) bond motifs is 1. The third-order valence-electron chi connectivity index (χ3n) is 7.40. The van der Waals surface area contributed by atoms with E-state index in [9.17, 15) is 8.78 Å². The quantitative estimate of drug-likeness (QED) is 0.483. The lowest BCUT2D eigenvalue weighted by molar-refractivity contribution is 0.179. The van der Waals surface area contributed by atoms with E-state index < -0.39 is 11.6 Å². The van der Waals surface area contributed by atoms with E-state index in [-0.39, 0.29) is 28.8 Å². The molecule has 0 aromatic carbocycles. The Kier molecular flexibility index (Phi) is 7.15. The van der Waals surface area contributed by atoms with Gasteiger partial charge in [-0.2, -0.15) is 0 Å². The second-order valence-electron chi connectivity index (χ2n) is 10.2. The summed E-state index contributed by atoms with van der Waals surface area (Å²) in [6.07, 6.45) is 9.91. The first kappa shape index (κ1) is 25.2. The third-order valence-corrected chi connectivity index (χ3v) is 7.40. The highest BCUT2D eigenvalue weighted by Gasteiger charge is 2.27. The molecule has 3 aliphatic rings. The first-order valence-electron chi connectivity index (χ1n) is 13.0. The summed E-state index contributed by atoms with van der Waals surface area (Å²) < 4.78 is 29.6. The average molecular weight is 506 g/mol. The Balaban J connectivity index is 1.40. The van der Waals surface area contributed by atoms with Gasteiger partial charge in [0.05, 0.1) is 11.9 Å². The second kappa shape index (κ2) is 10.5. The topological polar surface area (TPSA) is 89.8 Å². The molecule has 2 aromatic heterocycles. The van der Waals surface area contributed by atoms with E-state index in [1.165, 1.54) is 31.2 Å². The van der Waals surface area contributed by atoms with Crippen LogP contribution in [0, 0.1) is 17.1 Å². The smallest absolute Gasteiger partial charge is 0.229 e. The summed E-state index contributed by atoms with van der Waals surface area (Å²) >= 11 is 0. The number of hydrogen-bond donors (Lipinski definition) is 3. The molecule has 0 radical (unpaired) electrons. The Morgan fingerprint density at radius 3 is 2.65 bits per heavy atom. The summed E-state index contributed by atoms with van der Waals surface area (Å²) in [5.74, 6) is -0.627. The maximum absolute atomic E-state index is 14.8. The number of allylic oxidation sites excluding steroid dienone is 6. The van der Waals surface area contributed by atoms with Crippen molar-refractivity contribution in [3.8, 4) is 0 Å². The Bertz CT molecular complexity index is 1310. The minimum absolute atomic E-state index is 0.0246. The molecule has 1 aliphatic heterocycles. The molecule has 37 heavy (non-hydrogen) atoms. The largest absolute Gasteiger partial charge is 0.391 e. The molecule has 0 bridgehead atoms. The van der Waals surface area contributed by atoms with Crippen LogP contribution in [-0.2, 0) is 13.0 Å². The van der Waals surface area contributed by atoms with Crippen LogP contribution in [0.4, 0.5) is 20.5 Å². The number of pyridine rings is 1. The molecule has 1 saturated carbocycles. The van der Waals surface area contributed by atoms with Crippen molar-refractivity contribution in [2.24, 2.45) is 5.92 Å². The standard InChI is InChI=1S/C28H33F2N7/c1-16(2)26(32-3)20-12-18(13-21(29)25(20)31)27-22(30)14-33-28(36-27)35-24-9-8-17-15-37(11-10-23(17)34-24)19-6-4-5-7-19/h8-9,12-14,16,19,31-32H,4-7,10-11,15H2,1-3H3,(H,33,34,35,36)/b26-20-,31-25?. The molecule has 9 heteroatoms. The van der Waals surface area contributed by atoms with Gasteiger partial charge in [0.15, 0.2) is 5.82 Å². The van der Waals surface area contributed by atoms with E-state index in [1.807, 2.05) is 19.9 Å². The van der Waals surface area contributed by atoms with Crippen molar-refractivity contribution in [2.45, 2.75) is 58.5 Å². The summed E-state index contributed by atoms with van der Waals surface area (Å²) in [6, 6.07) is 4.67. The van der Waals surface area contributed by atoms with Crippen LogP contribution >= 0.6 is 0 Å². The molecular weight excluding hydrogens is 472 g/mol. The number of halogens is 2. The van der Waals surface area contributed by atoms with Crippen LogP contribution < -0.4 is 10.6 Å². The van der Waals surface area contributed by atoms with Gasteiger partial charge in [-0.1, -0.05) is 32.8 Å². The highest BCUT2D eigenvalue weighted by Crippen LogP contribution is 2.32. The fourth-order valence-electron chi connectivity index (χ4n) is 5.52. The van der Waals surface area contributed by atoms with Crippen LogP contribution in [-0.4, -0.2) is 45.2 Å². The molecule has 2 aromatic rings. The highest BCUT2D eigenvalue weighted by atomic mass is 19.1. The first-order chi connectivity index (χ1) is 17.8. The van der Waals surface area contributed by atoms with E-state index >= 15 is 0 Å². The van der Waals surface area contributed by atoms with Crippen LogP contribution in [0.3, 0.4) is 0 Å². The molecule has 194 valence electrons. The molecule has 5 rings (SSSR count). The molecule has 0 saturated heterocycles. The van der Waals surface area contributed by atoms with E-state index in [0.29, 0.717) is 23.1 Å². The zero-order valence-electron chi connectivity index (χ0n) is 21.5. The summed E-state index contributed by atoms with van der Waals surface area (Å²) in [5, 5.41) is 14.3. The molecule has 1 fully saturated rings. The van der Waals surface area contributed by atoms with E-state index in [4.69, 9.17) is 10.4 Å². The molecule has 3 heterocycles. The Morgan fingerprint density at radius 2 is 1.92 bits per heavy atom. The van der Waals surface area contributed by atoms with E-state index in [1.54, 1.807) is 13.1 Å². The number of anilines is 2. The monoisotopic (exact) mass is 505 g/mol. The second-order valence-corrected chi connectivity index (χ2v) is 10.2. The van der Waals surface area contributed by atoms with Crippen LogP contribution in [0.2, 0.25) is 0 Å². The molecule has 7 nitrogen and oxygen atoms in total. The van der Waals surface area contributed by atoms with Crippen molar-refractivity contribution in [2.75, 3.05) is 18.9 Å². The minimum atomic E-state index is -0.739. The van der Waals surface area contributed by atoms with Crippen molar-refractivity contribution in [3.05, 3.63) is 70.3 Å². The third kappa shape index (κ3) is 5.18. The van der Waals surface area contributed by atoms with Gasteiger partial charge in [-0.3, -0.25) is 10.3 Å². The highest BCUT2D eigenvalue weighted by molar-refractivity contribution is 6.15. The fourth-order valence-corrected chi connectivity index (χ4v) is 5.52. The summed E-state index contributed by atoms with van der Waals surface area (Å²) in [6.45, 7) is 5.82. The molecule has 0 amide bonds. The Morgan fingerprint density at radius 1 is 1.14 bits per heavy atom. The SMILES string of the molecule is CN/C(=C1/C=C(c2nc(Nc3ccc4c(n3)CCN(C3CCCC3)C4)ncc2F)C=C(F)C1=N)C(C)C. The van der Waals surface area contributed by atoms with Crippen molar-refractivity contribution in [1.82, 2.24) is 25.2 Å². The van der Waals surface area contributed by atoms with E-state index in [0.717, 1.165) is 37.5 Å². The molecule has 2 aliphatic carbocycles. The van der Waals surface area contributed by atoms with Gasteiger partial charge >= 0.3 is 0 Å². The van der Waals surface area contributed by atoms with Crippen molar-refractivity contribution in [3.63, 3.8) is 0 Å². The number of nitrogens with one attached hydrogen (secondary N) is 3. The number of aromatic nitrogens is 3. The predicted octanol–water partition coefficient (Wildman–Crippen LogP) is 5.45. The maximum atomic E-state index is 14.8. The van der Waals surface area contributed by atoms with Crippen molar-refractivity contribution < 1.29 is 8.78 Å². The normalized spacial score (nSPS) is 20.0. The van der Waals surface area contributed by atoms with Gasteiger partial charge in [0.25, 0.3) is 0 Å². The van der Waals surface area contributed by atoms with Gasteiger partial charge in [0, 0.05) is 55.1 Å². The minimum Gasteiger partial charge on any atom is -0.391 e. The van der Waals surface area contributed by atoms with Crippen LogP contribution in [0.1, 0.15) is 56.5 Å². The summed E-state index contributed by atoms with van der Waals surface area (Å²) in [4.78, 5) is 15.8. The zero-order chi connectivity index (χ0) is 26.1. The van der Waals surface area contributed by atoms with Gasteiger partial charge in [-0.15, -0.1) is 0 Å². The number of rotatable bonds is 6. The Labute approximate surface area is 216 Å². The maximum Gasteiger partial charge on any atom is 0.229 e. The predicted molar refractivity (Wildman–Crippen MR) is 142 cm³/mol. The van der Waals surface area contributed by atoms with Crippen LogP contribution in [0.25, 0.3) is 5.57 Å². The van der Waals surface area contributed by atoms with Crippen LogP contribution in [0.5, 0.6) is 0 Å². The lowest BCUT2D eigenvalue weighted by Crippen LogP contribution is -2.38. The van der Waals surface area contributed by atoms with Crippen molar-refractivity contribution in [1.29, 1.82) is 5.41 Å². The van der Waals surface area contributed by atoms with Gasteiger partial charge in [0.1, 0.15) is 17.3 Å². The average Bonchev–Trinajstić information content (AvgIpc) is 3.43. The van der Waals surface area contributed by atoms with Gasteiger partial charge in [0.2, 0.25) is 5.95 Å². The molecule has 0 atom stereocenters. The first-order valence-corrected chi connectivity index (χ1v) is 13.0. The number of hydrogen-bond acceptors (Lipinski definition) is 7. The molecule has 3 N–H and O–H groups in total. The fraction of sp³-hybridized carbons (Fsp3) is 0.429. The number of nitrogens with zero attached hydrogens (tertiary/aromatic N) is 4. The van der Waals surface area contributed by atoms with Gasteiger partial charge < -0.3 is 10.6 Å². The Hall–Kier alpha value is -3.46. The van der Waals surface area contributed by atoms with E-state index in [2.05, 4.69) is 31.6 Å². The zero-order valence-corrected chi connectivity index (χ0v) is 21.5. The molecule has 0 spiro atoms. The van der Waals surface area contributed by atoms with Crippen molar-refractivity contribution >= 4 is 23.1 Å². The lowest BCUT2D eigenvalue weighted by atomic mass is 9.92. The molecule has 0 unspecified atom stereocenters. The molecular formula is C28H33F2N7. The van der Waals surface area contributed by atoms with Crippen LogP contribution in [0.15, 0.2) is 47.6 Å². The summed E-state index contributed by atoms with van der Waals surface area (Å²) in [7, 11) is 1.73.